The van der Waals surface area contributed by atoms with Crippen LogP contribution in [0.3, 0.4) is 0 Å². The fraction of sp³-hybridized carbons (Fsp3) is 0. The van der Waals surface area contributed by atoms with E-state index in [4.69, 9.17) is 0 Å². The van der Waals surface area contributed by atoms with E-state index in [2.05, 4.69) is 54.5 Å². The molecule has 2 rings (SSSR count). The van der Waals surface area contributed by atoms with Gasteiger partial charge in [0.2, 0.25) is 0 Å². The van der Waals surface area contributed by atoms with Crippen molar-refractivity contribution in [3.63, 3.8) is 0 Å². The number of hydrogen-bond donors (Lipinski definition) is 0. The van der Waals surface area contributed by atoms with E-state index in [0.29, 0.717) is 5.56 Å². The minimum atomic E-state index is 0.00890. The fourth-order valence-corrected chi connectivity index (χ4v) is 3.45. The summed E-state index contributed by atoms with van der Waals surface area (Å²) in [5.74, 6) is 0.00890. The van der Waals surface area contributed by atoms with Crippen LogP contribution in [-0.4, -0.2) is 5.78 Å². The van der Waals surface area contributed by atoms with E-state index < -0.39 is 0 Å². The van der Waals surface area contributed by atoms with Gasteiger partial charge >= 0.3 is 0 Å². The molecule has 4 heteroatoms. The highest BCUT2D eigenvalue weighted by Gasteiger charge is 2.02. The van der Waals surface area contributed by atoms with Crippen molar-refractivity contribution < 1.29 is 4.79 Å². The molecule has 0 saturated carbocycles. The summed E-state index contributed by atoms with van der Waals surface area (Å²) in [6.45, 7) is 0. The quantitative estimate of drug-likeness (QED) is 0.305. The van der Waals surface area contributed by atoms with Crippen LogP contribution in [0.2, 0.25) is 0 Å². The standard InChI is InChI=1S/C15H9Br2IO/c16-12-6-10(7-13(17)9-12)4-5-15(19)11-2-1-3-14(18)8-11/h1-9H. The third kappa shape index (κ3) is 4.54. The van der Waals surface area contributed by atoms with Crippen molar-refractivity contribution in [1.29, 1.82) is 0 Å². The van der Waals surface area contributed by atoms with Gasteiger partial charge in [0.25, 0.3) is 0 Å². The third-order valence-electron chi connectivity index (χ3n) is 2.42. The van der Waals surface area contributed by atoms with Gasteiger partial charge in [-0.2, -0.15) is 0 Å². The zero-order valence-corrected chi connectivity index (χ0v) is 15.1. The molecule has 0 bridgehead atoms. The fourth-order valence-electron chi connectivity index (χ4n) is 1.58. The summed E-state index contributed by atoms with van der Waals surface area (Å²) < 4.78 is 3.01. The van der Waals surface area contributed by atoms with Crippen molar-refractivity contribution in [3.8, 4) is 0 Å². The van der Waals surface area contributed by atoms with Gasteiger partial charge in [-0.3, -0.25) is 4.79 Å². The SMILES string of the molecule is O=C(C=Cc1cc(Br)cc(Br)c1)c1cccc(I)c1. The van der Waals surface area contributed by atoms with Gasteiger partial charge < -0.3 is 0 Å². The number of carbonyl (C=O) groups is 1. The minimum Gasteiger partial charge on any atom is -0.289 e. The van der Waals surface area contributed by atoms with Crippen LogP contribution >= 0.6 is 54.5 Å². The first-order valence-electron chi connectivity index (χ1n) is 5.49. The maximum atomic E-state index is 12.0. The lowest BCUT2D eigenvalue weighted by atomic mass is 10.1. The summed E-state index contributed by atoms with van der Waals surface area (Å²) >= 11 is 9.05. The largest absolute Gasteiger partial charge is 0.289 e. The van der Waals surface area contributed by atoms with Gasteiger partial charge in [-0.1, -0.05) is 50.1 Å². The zero-order valence-electron chi connectivity index (χ0n) is 9.74. The first-order chi connectivity index (χ1) is 9.04. The van der Waals surface area contributed by atoms with E-state index >= 15 is 0 Å². The molecule has 0 aromatic heterocycles. The van der Waals surface area contributed by atoms with E-state index in [1.54, 1.807) is 6.08 Å². The van der Waals surface area contributed by atoms with Crippen molar-refractivity contribution >= 4 is 66.3 Å². The Morgan fingerprint density at radius 3 is 2.37 bits per heavy atom. The lowest BCUT2D eigenvalue weighted by molar-refractivity contribution is 0.104. The smallest absolute Gasteiger partial charge is 0.185 e. The monoisotopic (exact) mass is 490 g/mol. The average Bonchev–Trinajstić information content (AvgIpc) is 2.35. The molecule has 19 heavy (non-hydrogen) atoms. The average molecular weight is 492 g/mol. The summed E-state index contributed by atoms with van der Waals surface area (Å²) in [4.78, 5) is 12.0. The predicted octanol–water partition coefficient (Wildman–Crippen LogP) is 5.71. The number of benzene rings is 2. The molecule has 0 N–H and O–H groups in total. The number of allylic oxidation sites excluding steroid dienone is 1. The lowest BCUT2D eigenvalue weighted by Crippen LogP contribution is -1.94. The Kier molecular flexibility index (Phi) is 5.36. The topological polar surface area (TPSA) is 17.1 Å². The molecule has 0 aliphatic carbocycles. The highest BCUT2D eigenvalue weighted by molar-refractivity contribution is 14.1. The van der Waals surface area contributed by atoms with Crippen molar-refractivity contribution in [2.75, 3.05) is 0 Å². The number of rotatable bonds is 3. The molecule has 0 aliphatic rings. The molecule has 0 spiro atoms. The van der Waals surface area contributed by atoms with Crippen LogP contribution in [0.5, 0.6) is 0 Å². The molecule has 0 heterocycles. The molecular weight excluding hydrogens is 483 g/mol. The van der Waals surface area contributed by atoms with Crippen molar-refractivity contribution in [2.45, 2.75) is 0 Å². The van der Waals surface area contributed by atoms with E-state index in [9.17, 15) is 4.79 Å². The molecule has 0 radical (unpaired) electrons. The third-order valence-corrected chi connectivity index (χ3v) is 4.01. The first kappa shape index (κ1) is 14.9. The van der Waals surface area contributed by atoms with Crippen LogP contribution in [-0.2, 0) is 0 Å². The Morgan fingerprint density at radius 1 is 1.05 bits per heavy atom. The summed E-state index contributed by atoms with van der Waals surface area (Å²) in [5.41, 5.74) is 1.68. The minimum absolute atomic E-state index is 0.00890. The Morgan fingerprint density at radius 2 is 1.74 bits per heavy atom. The van der Waals surface area contributed by atoms with Gasteiger partial charge in [0.05, 0.1) is 0 Å². The lowest BCUT2D eigenvalue weighted by Gasteiger charge is -1.99. The number of ketones is 1. The zero-order chi connectivity index (χ0) is 13.8. The summed E-state index contributed by atoms with van der Waals surface area (Å²) in [6, 6.07) is 13.4. The van der Waals surface area contributed by atoms with Crippen LogP contribution < -0.4 is 0 Å². The summed E-state index contributed by atoms with van der Waals surface area (Å²) in [5, 5.41) is 0. The van der Waals surface area contributed by atoms with E-state index in [1.165, 1.54) is 0 Å². The van der Waals surface area contributed by atoms with Crippen molar-refractivity contribution in [1.82, 2.24) is 0 Å². The molecule has 0 saturated heterocycles. The molecule has 0 aliphatic heterocycles. The number of hydrogen-bond acceptors (Lipinski definition) is 1. The Hall–Kier alpha value is -0.460. The molecule has 1 nitrogen and oxygen atoms in total. The number of halogens is 3. The van der Waals surface area contributed by atoms with Gasteiger partial charge in [-0.05, 0) is 64.6 Å². The van der Waals surface area contributed by atoms with Crippen LogP contribution in [0, 0.1) is 3.57 Å². The van der Waals surface area contributed by atoms with Crippen LogP contribution in [0.4, 0.5) is 0 Å². The summed E-state index contributed by atoms with van der Waals surface area (Å²) in [6.07, 6.45) is 3.41. The van der Waals surface area contributed by atoms with E-state index in [1.807, 2.05) is 48.5 Å². The van der Waals surface area contributed by atoms with Gasteiger partial charge in [0.1, 0.15) is 0 Å². The molecule has 96 valence electrons. The van der Waals surface area contributed by atoms with Crippen LogP contribution in [0.25, 0.3) is 6.08 Å². The second-order valence-corrected chi connectivity index (χ2v) is 6.99. The van der Waals surface area contributed by atoms with Crippen LogP contribution in [0.15, 0.2) is 57.5 Å². The second-order valence-electron chi connectivity index (χ2n) is 3.91. The highest BCUT2D eigenvalue weighted by atomic mass is 127. The van der Waals surface area contributed by atoms with Crippen LogP contribution in [0.1, 0.15) is 15.9 Å². The highest BCUT2D eigenvalue weighted by Crippen LogP contribution is 2.21. The molecule has 0 atom stereocenters. The number of carbonyl (C=O) groups excluding carboxylic acids is 1. The van der Waals surface area contributed by atoms with Gasteiger partial charge in [-0.25, -0.2) is 0 Å². The maximum Gasteiger partial charge on any atom is 0.185 e. The van der Waals surface area contributed by atoms with Gasteiger partial charge in [0, 0.05) is 18.1 Å². The molecule has 0 unspecified atom stereocenters. The van der Waals surface area contributed by atoms with Gasteiger partial charge in [-0.15, -0.1) is 0 Å². The van der Waals surface area contributed by atoms with Crippen molar-refractivity contribution in [2.24, 2.45) is 0 Å². The maximum absolute atomic E-state index is 12.0. The molecule has 2 aromatic carbocycles. The summed E-state index contributed by atoms with van der Waals surface area (Å²) in [7, 11) is 0. The molecule has 0 fully saturated rings. The Balaban J connectivity index is 2.20. The predicted molar refractivity (Wildman–Crippen MR) is 94.4 cm³/mol. The first-order valence-corrected chi connectivity index (χ1v) is 8.15. The normalized spacial score (nSPS) is 10.9. The molecular formula is C15H9Br2IO. The van der Waals surface area contributed by atoms with E-state index in [0.717, 1.165) is 18.1 Å². The van der Waals surface area contributed by atoms with Crippen molar-refractivity contribution in [3.05, 3.63) is 72.2 Å². The van der Waals surface area contributed by atoms with E-state index in [-0.39, 0.29) is 5.78 Å². The Labute approximate surface area is 142 Å². The Bertz CT molecular complexity index is 630. The molecule has 0 amide bonds. The molecule has 2 aromatic rings. The van der Waals surface area contributed by atoms with Gasteiger partial charge in [0.15, 0.2) is 5.78 Å². The second kappa shape index (κ2) is 6.81.